The molecule has 4 aliphatic rings. The van der Waals surface area contributed by atoms with Crippen LogP contribution in [0, 0.1) is 5.92 Å². The zero-order valence-corrected chi connectivity index (χ0v) is 33.2. The first-order valence-electron chi connectivity index (χ1n) is 19.4. The monoisotopic (exact) mass is 772 g/mol. The minimum atomic E-state index is -3.07. The molecule has 4 heterocycles. The van der Waals surface area contributed by atoms with Crippen LogP contribution in [0.15, 0.2) is 102 Å². The average molecular weight is 773 g/mol. The van der Waals surface area contributed by atoms with Crippen LogP contribution < -0.4 is 14.6 Å². The van der Waals surface area contributed by atoms with Gasteiger partial charge in [0.25, 0.3) is 5.91 Å². The third kappa shape index (κ3) is 6.53. The maximum atomic E-state index is 15.2. The van der Waals surface area contributed by atoms with Gasteiger partial charge in [-0.05, 0) is 72.1 Å². The van der Waals surface area contributed by atoms with Crippen molar-refractivity contribution in [3.8, 4) is 5.75 Å². The molecule has 5 atom stereocenters. The molecule has 0 aliphatic carbocycles. The molecule has 0 aromatic heterocycles. The minimum absolute atomic E-state index is 0.0452. The van der Waals surface area contributed by atoms with Gasteiger partial charge in [-0.15, -0.1) is 0 Å². The third-order valence-electron chi connectivity index (χ3n) is 12.1. The summed E-state index contributed by atoms with van der Waals surface area (Å²) in [5.74, 6) is -0.512. The number of methoxy groups -OCH3 is 1. The molecule has 0 bridgehead atoms. The Hall–Kier alpha value is -5.14. The fourth-order valence-corrected chi connectivity index (χ4v) is 12.0. The van der Waals surface area contributed by atoms with E-state index in [2.05, 4.69) is 0 Å². The van der Waals surface area contributed by atoms with E-state index in [9.17, 15) is 19.5 Å². The van der Waals surface area contributed by atoms with Gasteiger partial charge in [-0.1, -0.05) is 73.7 Å². The van der Waals surface area contributed by atoms with Crippen LogP contribution in [0.2, 0.25) is 18.6 Å². The van der Waals surface area contributed by atoms with Gasteiger partial charge in [0.15, 0.2) is 13.9 Å². The van der Waals surface area contributed by atoms with E-state index in [1.54, 1.807) is 16.9 Å². The molecule has 8 rings (SSSR count). The summed E-state index contributed by atoms with van der Waals surface area (Å²) in [5.41, 5.74) is 4.67. The predicted octanol–water partition coefficient (Wildman–Crippen LogP) is 5.91. The summed E-state index contributed by atoms with van der Waals surface area (Å²) in [7, 11) is -1.50. The Morgan fingerprint density at radius 3 is 2.45 bits per heavy atom. The van der Waals surface area contributed by atoms with Gasteiger partial charge in [0, 0.05) is 36.4 Å². The van der Waals surface area contributed by atoms with E-state index >= 15 is 4.79 Å². The van der Waals surface area contributed by atoms with Gasteiger partial charge < -0.3 is 29.2 Å². The SMILES string of the molecule is COc1ccc2c(c1)[C@@]1(O[C@H](CC(=O)N3Cc4ccccc4C[C@H]3CO)[C@@H]([Si](C)(C)O)[C@@H]1C)C(=O)N2Cc1cccc(N2N=C(c3ccccc3)CCC2=O)c1. The standard InChI is InChI=1S/C44H48N4O7Si/c1-28-42(56(3,4)53)39(24-41(51)46-26-32-15-9-8-14-31(32)22-34(46)27-49)55-44(28)36-23-35(54-2)17-19-38(36)47(43(44)52)25-29-11-10-16-33(21-29)48-40(50)20-18-37(45-48)30-12-6-5-7-13-30/h5-17,19,21,23,28,34,39,42,49,53H,18,20,22,24-27H2,1-4H3/t28-,34-,39+,42-,44+/m0/s1. The molecule has 0 radical (unpaired) electrons. The normalized spacial score (nSPS) is 24.7. The molecule has 11 nitrogen and oxygen atoms in total. The quantitative estimate of drug-likeness (QED) is 0.203. The lowest BCUT2D eigenvalue weighted by Gasteiger charge is -2.37. The molecule has 1 saturated heterocycles. The van der Waals surface area contributed by atoms with Crippen molar-refractivity contribution in [3.63, 3.8) is 0 Å². The molecule has 4 aromatic carbocycles. The predicted molar refractivity (Wildman–Crippen MR) is 216 cm³/mol. The van der Waals surface area contributed by atoms with Crippen LogP contribution >= 0.6 is 0 Å². The second-order valence-corrected chi connectivity index (χ2v) is 19.9. The smallest absolute Gasteiger partial charge is 0.264 e. The Morgan fingerprint density at radius 2 is 1.71 bits per heavy atom. The van der Waals surface area contributed by atoms with Crippen LogP contribution in [0.25, 0.3) is 0 Å². The van der Waals surface area contributed by atoms with Crippen molar-refractivity contribution >= 4 is 43.1 Å². The summed E-state index contributed by atoms with van der Waals surface area (Å²) in [6.45, 7) is 5.99. The van der Waals surface area contributed by atoms with Crippen molar-refractivity contribution in [2.75, 3.05) is 23.6 Å². The number of benzene rings is 4. The number of hydrogen-bond donors (Lipinski definition) is 2. The number of aliphatic hydroxyl groups is 1. The minimum Gasteiger partial charge on any atom is -0.497 e. The molecule has 0 unspecified atom stereocenters. The highest BCUT2D eigenvalue weighted by molar-refractivity contribution is 6.71. The van der Waals surface area contributed by atoms with Gasteiger partial charge in [-0.3, -0.25) is 14.4 Å². The first-order valence-corrected chi connectivity index (χ1v) is 22.4. The molecule has 1 fully saturated rings. The summed E-state index contributed by atoms with van der Waals surface area (Å²) >= 11 is 0. The second kappa shape index (κ2) is 14.7. The van der Waals surface area contributed by atoms with E-state index in [0.717, 1.165) is 28.0 Å². The van der Waals surface area contributed by atoms with Crippen LogP contribution in [0.1, 0.15) is 54.0 Å². The summed E-state index contributed by atoms with van der Waals surface area (Å²) < 4.78 is 12.7. The van der Waals surface area contributed by atoms with Crippen LogP contribution in [0.5, 0.6) is 5.75 Å². The zero-order chi connectivity index (χ0) is 39.4. The molecule has 290 valence electrons. The highest BCUT2D eigenvalue weighted by atomic mass is 28.4. The number of aliphatic hydroxyl groups excluding tert-OH is 1. The van der Waals surface area contributed by atoms with E-state index in [4.69, 9.17) is 14.6 Å². The number of rotatable bonds is 9. The molecular formula is C44H48N4O7Si. The number of ether oxygens (including phenoxy) is 2. The first-order chi connectivity index (χ1) is 26.9. The number of amides is 3. The molecule has 3 amide bonds. The van der Waals surface area contributed by atoms with Crippen molar-refractivity contribution in [1.82, 2.24) is 4.90 Å². The van der Waals surface area contributed by atoms with Gasteiger partial charge in [0.05, 0.1) is 55.9 Å². The van der Waals surface area contributed by atoms with Crippen molar-refractivity contribution in [2.45, 2.75) is 82.1 Å². The Kier molecular flexibility index (Phi) is 9.94. The Labute approximate surface area is 328 Å². The maximum absolute atomic E-state index is 15.2. The number of hydrazone groups is 1. The number of carbonyl (C=O) groups excluding carboxylic acids is 3. The summed E-state index contributed by atoms with van der Waals surface area (Å²) in [5, 5.41) is 16.6. The highest BCUT2D eigenvalue weighted by Crippen LogP contribution is 2.60. The van der Waals surface area contributed by atoms with E-state index in [-0.39, 0.29) is 43.3 Å². The first kappa shape index (κ1) is 37.8. The van der Waals surface area contributed by atoms with Crippen LogP contribution in [-0.4, -0.2) is 72.4 Å². The van der Waals surface area contributed by atoms with Crippen LogP contribution in [0.4, 0.5) is 11.4 Å². The molecule has 4 aliphatic heterocycles. The third-order valence-corrected chi connectivity index (χ3v) is 14.6. The summed E-state index contributed by atoms with van der Waals surface area (Å²) in [6.07, 6.45) is 0.625. The highest BCUT2D eigenvalue weighted by Gasteiger charge is 2.66. The molecule has 12 heteroatoms. The lowest BCUT2D eigenvalue weighted by molar-refractivity contribution is -0.151. The van der Waals surface area contributed by atoms with Crippen molar-refractivity contribution < 1.29 is 33.8 Å². The number of anilines is 2. The molecule has 0 saturated carbocycles. The van der Waals surface area contributed by atoms with Gasteiger partial charge in [0.2, 0.25) is 11.8 Å². The number of hydrogen-bond acceptors (Lipinski definition) is 8. The van der Waals surface area contributed by atoms with Gasteiger partial charge >= 0.3 is 0 Å². The molecule has 1 spiro atoms. The fourth-order valence-electron chi connectivity index (χ4n) is 9.43. The van der Waals surface area contributed by atoms with E-state index in [0.29, 0.717) is 48.5 Å². The van der Waals surface area contributed by atoms with Gasteiger partial charge in [0.1, 0.15) is 5.75 Å². The largest absolute Gasteiger partial charge is 0.497 e. The molecular weight excluding hydrogens is 725 g/mol. The van der Waals surface area contributed by atoms with Crippen molar-refractivity contribution in [3.05, 3.63) is 125 Å². The lowest BCUT2D eigenvalue weighted by Crippen LogP contribution is -2.48. The Morgan fingerprint density at radius 1 is 0.964 bits per heavy atom. The molecule has 4 aromatic rings. The zero-order valence-electron chi connectivity index (χ0n) is 32.2. The summed E-state index contributed by atoms with van der Waals surface area (Å²) in [4.78, 5) is 57.9. The molecule has 56 heavy (non-hydrogen) atoms. The second-order valence-electron chi connectivity index (χ2n) is 16.0. The van der Waals surface area contributed by atoms with Crippen molar-refractivity contribution in [1.29, 1.82) is 0 Å². The van der Waals surface area contributed by atoms with Gasteiger partial charge in [-0.25, -0.2) is 5.01 Å². The van der Waals surface area contributed by atoms with E-state index in [1.165, 1.54) is 5.01 Å². The van der Waals surface area contributed by atoms with Crippen LogP contribution in [0.3, 0.4) is 0 Å². The maximum Gasteiger partial charge on any atom is 0.264 e. The topological polar surface area (TPSA) is 132 Å². The summed E-state index contributed by atoms with van der Waals surface area (Å²) in [6, 6.07) is 30.4. The van der Waals surface area contributed by atoms with Crippen molar-refractivity contribution in [2.24, 2.45) is 11.0 Å². The fraction of sp³-hybridized carbons (Fsp3) is 0.364. The Balaban J connectivity index is 1.12. The average Bonchev–Trinajstić information content (AvgIpc) is 3.63. The van der Waals surface area contributed by atoms with E-state index < -0.39 is 31.5 Å². The Bertz CT molecular complexity index is 2210. The van der Waals surface area contributed by atoms with E-state index in [1.807, 2.05) is 117 Å². The van der Waals surface area contributed by atoms with Crippen LogP contribution in [-0.2, 0) is 44.2 Å². The molecule has 2 N–H and O–H groups in total. The lowest BCUT2D eigenvalue weighted by atomic mass is 9.82. The number of nitrogens with zero attached hydrogens (tertiary/aromatic N) is 4. The van der Waals surface area contributed by atoms with Gasteiger partial charge in [-0.2, -0.15) is 5.10 Å². The number of carbonyl (C=O) groups is 3. The number of fused-ring (bicyclic) bond motifs is 3.